The number of hydrogen-bond acceptors (Lipinski definition) is 2. The highest BCUT2D eigenvalue weighted by atomic mass is 28.3. The molecule has 0 atom stereocenters. The highest BCUT2D eigenvalue weighted by Gasteiger charge is 1.95. The fourth-order valence-corrected chi connectivity index (χ4v) is 2.27. The molecule has 19 heavy (non-hydrogen) atoms. The molecule has 0 fully saturated rings. The van der Waals surface area contributed by atoms with E-state index in [1.54, 1.807) is 24.3 Å². The molecule has 1 aromatic carbocycles. The minimum absolute atomic E-state index is 0.291. The molecule has 0 bridgehead atoms. The lowest BCUT2D eigenvalue weighted by Crippen LogP contribution is -2.21. The fraction of sp³-hybridized carbons (Fsp3) is 0.312. The monoisotopic (exact) mass is 276 g/mol. The molecule has 0 aliphatic carbocycles. The third-order valence-corrected chi connectivity index (χ3v) is 4.01. The van der Waals surface area contributed by atoms with E-state index >= 15 is 0 Å². The van der Waals surface area contributed by atoms with Crippen LogP contribution in [0.3, 0.4) is 0 Å². The molecule has 0 aliphatic heterocycles. The van der Waals surface area contributed by atoms with Crippen LogP contribution in [0, 0.1) is 0 Å². The molecule has 0 N–H and O–H groups in total. The largest absolute Gasteiger partial charge is 0.463 e. The Morgan fingerprint density at radius 1 is 1.21 bits per heavy atom. The minimum atomic E-state index is -0.529. The molecular formula is C16H24O2Si. The lowest BCUT2D eigenvalue weighted by molar-refractivity contribution is -0.137. The molecule has 0 saturated carbocycles. The standard InChI is InChI=1S/C8H12O2.C8H12Si/c1-3-5-6-7-8(9)10-4-2;1-9(2)8-6-4-3-5-7-8/h3,5-7H,4H2,1-2H3;3-7,9H,1-2H3/b5-3+,7-6+;. The fourth-order valence-electron chi connectivity index (χ4n) is 1.27. The van der Waals surface area contributed by atoms with E-state index in [1.165, 1.54) is 6.08 Å². The summed E-state index contributed by atoms with van der Waals surface area (Å²) in [7, 11) is -0.529. The molecule has 3 heteroatoms. The maximum absolute atomic E-state index is 10.6. The molecule has 0 heterocycles. The van der Waals surface area contributed by atoms with Gasteiger partial charge in [0.25, 0.3) is 0 Å². The van der Waals surface area contributed by atoms with Crippen molar-refractivity contribution >= 4 is 20.0 Å². The van der Waals surface area contributed by atoms with Crippen LogP contribution in [0.25, 0.3) is 0 Å². The van der Waals surface area contributed by atoms with E-state index in [0.717, 1.165) is 0 Å². The van der Waals surface area contributed by atoms with Gasteiger partial charge in [-0.25, -0.2) is 4.79 Å². The first kappa shape index (κ1) is 17.4. The molecule has 0 amide bonds. The number of hydrogen-bond donors (Lipinski definition) is 0. The first-order chi connectivity index (χ1) is 9.11. The van der Waals surface area contributed by atoms with Gasteiger partial charge in [0.05, 0.1) is 15.4 Å². The first-order valence-corrected chi connectivity index (χ1v) is 9.51. The number of carbonyl (C=O) groups is 1. The summed E-state index contributed by atoms with van der Waals surface area (Å²) in [6.45, 7) is 8.78. The minimum Gasteiger partial charge on any atom is -0.463 e. The second-order valence-electron chi connectivity index (χ2n) is 4.20. The quantitative estimate of drug-likeness (QED) is 0.366. The second-order valence-corrected chi connectivity index (χ2v) is 7.18. The van der Waals surface area contributed by atoms with Crippen molar-refractivity contribution in [1.29, 1.82) is 0 Å². The lowest BCUT2D eigenvalue weighted by Gasteiger charge is -1.99. The SMILES string of the molecule is C/C=C/C=C/C(=O)OCC.C[SiH](C)c1ccccc1. The average molecular weight is 276 g/mol. The Morgan fingerprint density at radius 2 is 1.84 bits per heavy atom. The average Bonchev–Trinajstić information content (AvgIpc) is 2.41. The zero-order valence-corrected chi connectivity index (χ0v) is 13.5. The van der Waals surface area contributed by atoms with Crippen LogP contribution in [0.2, 0.25) is 13.1 Å². The number of carbonyl (C=O) groups excluding carboxylic acids is 1. The zero-order chi connectivity index (χ0) is 14.5. The van der Waals surface area contributed by atoms with Crippen LogP contribution in [0.15, 0.2) is 54.6 Å². The zero-order valence-electron chi connectivity index (χ0n) is 12.3. The summed E-state index contributed by atoms with van der Waals surface area (Å²) < 4.78 is 4.63. The molecule has 0 aromatic heterocycles. The van der Waals surface area contributed by atoms with Gasteiger partial charge in [0.1, 0.15) is 0 Å². The Labute approximate surface area is 118 Å². The van der Waals surface area contributed by atoms with Gasteiger partial charge >= 0.3 is 5.97 Å². The molecule has 0 unspecified atom stereocenters. The number of esters is 1. The number of rotatable bonds is 4. The van der Waals surface area contributed by atoms with E-state index in [0.29, 0.717) is 6.61 Å². The normalized spacial score (nSPS) is 10.6. The van der Waals surface area contributed by atoms with Crippen molar-refractivity contribution < 1.29 is 9.53 Å². The Morgan fingerprint density at radius 3 is 2.26 bits per heavy atom. The van der Waals surface area contributed by atoms with Crippen LogP contribution in [0.4, 0.5) is 0 Å². The summed E-state index contributed by atoms with van der Waals surface area (Å²) in [5, 5.41) is 1.55. The summed E-state index contributed by atoms with van der Waals surface area (Å²) in [4.78, 5) is 10.6. The van der Waals surface area contributed by atoms with Gasteiger partial charge in [0.15, 0.2) is 0 Å². The molecule has 104 valence electrons. The van der Waals surface area contributed by atoms with Gasteiger partial charge in [-0.05, 0) is 13.8 Å². The van der Waals surface area contributed by atoms with E-state index in [2.05, 4.69) is 48.2 Å². The van der Waals surface area contributed by atoms with Crippen LogP contribution in [-0.2, 0) is 9.53 Å². The molecule has 0 aliphatic rings. The topological polar surface area (TPSA) is 26.3 Å². The van der Waals surface area contributed by atoms with Gasteiger partial charge in [-0.15, -0.1) is 0 Å². The highest BCUT2D eigenvalue weighted by molar-refractivity contribution is 6.70. The van der Waals surface area contributed by atoms with Gasteiger partial charge in [0, 0.05) is 6.08 Å². The summed E-state index contributed by atoms with van der Waals surface area (Å²) >= 11 is 0. The maximum Gasteiger partial charge on any atom is 0.330 e. The van der Waals surface area contributed by atoms with Crippen molar-refractivity contribution in [1.82, 2.24) is 0 Å². The van der Waals surface area contributed by atoms with Gasteiger partial charge in [0.2, 0.25) is 0 Å². The van der Waals surface area contributed by atoms with Gasteiger partial charge in [-0.2, -0.15) is 0 Å². The van der Waals surface area contributed by atoms with E-state index in [1.807, 2.05) is 13.0 Å². The van der Waals surface area contributed by atoms with Crippen LogP contribution < -0.4 is 5.19 Å². The number of benzene rings is 1. The Hall–Kier alpha value is -1.61. The van der Waals surface area contributed by atoms with Crippen molar-refractivity contribution in [2.75, 3.05) is 6.61 Å². The Kier molecular flexibility index (Phi) is 10.5. The Balaban J connectivity index is 0.000000342. The molecule has 0 saturated heterocycles. The maximum atomic E-state index is 10.6. The molecular weight excluding hydrogens is 252 g/mol. The third-order valence-electron chi connectivity index (χ3n) is 2.29. The summed E-state index contributed by atoms with van der Waals surface area (Å²) in [5.41, 5.74) is 0. The van der Waals surface area contributed by atoms with Crippen LogP contribution >= 0.6 is 0 Å². The van der Waals surface area contributed by atoms with Crippen molar-refractivity contribution in [3.8, 4) is 0 Å². The van der Waals surface area contributed by atoms with Crippen LogP contribution in [-0.4, -0.2) is 21.4 Å². The number of ether oxygens (including phenoxy) is 1. The lowest BCUT2D eigenvalue weighted by atomic mass is 10.4. The molecule has 0 spiro atoms. The molecule has 1 aromatic rings. The van der Waals surface area contributed by atoms with Gasteiger partial charge in [-0.3, -0.25) is 0 Å². The molecule has 2 nitrogen and oxygen atoms in total. The van der Waals surface area contributed by atoms with Crippen molar-refractivity contribution in [2.45, 2.75) is 26.9 Å². The van der Waals surface area contributed by atoms with E-state index < -0.39 is 8.80 Å². The van der Waals surface area contributed by atoms with Gasteiger partial charge < -0.3 is 4.74 Å². The summed E-state index contributed by atoms with van der Waals surface area (Å²) in [6, 6.07) is 10.7. The smallest absolute Gasteiger partial charge is 0.330 e. The van der Waals surface area contributed by atoms with E-state index in [-0.39, 0.29) is 5.97 Å². The predicted molar refractivity (Wildman–Crippen MR) is 85.5 cm³/mol. The summed E-state index contributed by atoms with van der Waals surface area (Å²) in [5.74, 6) is -0.291. The third kappa shape index (κ3) is 10.0. The van der Waals surface area contributed by atoms with Crippen molar-refractivity contribution in [3.05, 3.63) is 54.6 Å². The summed E-state index contributed by atoms with van der Waals surface area (Å²) in [6.07, 6.45) is 6.66. The van der Waals surface area contributed by atoms with Crippen LogP contribution in [0.1, 0.15) is 13.8 Å². The predicted octanol–water partition coefficient (Wildman–Crippen LogP) is 3.06. The Bertz CT molecular complexity index is 394. The molecule has 1 rings (SSSR count). The first-order valence-electron chi connectivity index (χ1n) is 6.62. The van der Waals surface area contributed by atoms with Gasteiger partial charge in [-0.1, -0.05) is 66.8 Å². The van der Waals surface area contributed by atoms with E-state index in [9.17, 15) is 4.79 Å². The van der Waals surface area contributed by atoms with Crippen molar-refractivity contribution in [2.24, 2.45) is 0 Å². The molecule has 0 radical (unpaired) electrons. The van der Waals surface area contributed by atoms with Crippen molar-refractivity contribution in [3.63, 3.8) is 0 Å². The highest BCUT2D eigenvalue weighted by Crippen LogP contribution is 1.86. The van der Waals surface area contributed by atoms with Crippen LogP contribution in [0.5, 0.6) is 0 Å². The second kappa shape index (κ2) is 11.5. The number of allylic oxidation sites excluding steroid dienone is 3. The van der Waals surface area contributed by atoms with E-state index in [4.69, 9.17) is 0 Å².